The van der Waals surface area contributed by atoms with E-state index >= 15 is 0 Å². The molecule has 3 heterocycles. The molecule has 3 aliphatic rings. The Morgan fingerprint density at radius 1 is 1.17 bits per heavy atom. The van der Waals surface area contributed by atoms with Crippen molar-refractivity contribution in [3.63, 3.8) is 0 Å². The van der Waals surface area contributed by atoms with Crippen LogP contribution >= 0.6 is 0 Å². The number of hydrogen-bond donors (Lipinski definition) is 3. The number of carboxylic acid groups (broad SMARTS) is 1. The van der Waals surface area contributed by atoms with Gasteiger partial charge >= 0.3 is 12.6 Å². The van der Waals surface area contributed by atoms with Gasteiger partial charge in [-0.25, -0.2) is 9.78 Å². The van der Waals surface area contributed by atoms with Gasteiger partial charge in [0.1, 0.15) is 6.04 Å². The number of aliphatic carboxylic acids is 1. The smallest absolute Gasteiger partial charge is 0.387 e. The third-order valence-electron chi connectivity index (χ3n) is 7.21. The Bertz CT molecular complexity index is 1340. The molecular formula is C29H39F2N5O10. The first-order valence-corrected chi connectivity index (χ1v) is 14.6. The lowest BCUT2D eigenvalue weighted by Crippen LogP contribution is -2.54. The van der Waals surface area contributed by atoms with Crippen LogP contribution in [0.4, 0.5) is 8.78 Å². The van der Waals surface area contributed by atoms with Crippen molar-refractivity contribution in [2.75, 3.05) is 47.0 Å². The highest BCUT2D eigenvalue weighted by atomic mass is 19.3. The lowest BCUT2D eigenvalue weighted by molar-refractivity contribution is -0.160. The van der Waals surface area contributed by atoms with Crippen LogP contribution in [0.3, 0.4) is 0 Å². The van der Waals surface area contributed by atoms with Gasteiger partial charge in [-0.2, -0.15) is 8.78 Å². The minimum Gasteiger partial charge on any atom is -0.489 e. The van der Waals surface area contributed by atoms with Crippen molar-refractivity contribution in [1.29, 1.82) is 0 Å². The highest BCUT2D eigenvalue weighted by Crippen LogP contribution is 2.37. The fraction of sp³-hybridized carbons (Fsp3) is 0.552. The molecule has 15 nitrogen and oxygen atoms in total. The van der Waals surface area contributed by atoms with Gasteiger partial charge in [0.25, 0.3) is 12.4 Å². The molecule has 254 valence electrons. The van der Waals surface area contributed by atoms with Crippen molar-refractivity contribution < 1.29 is 56.4 Å². The second kappa shape index (κ2) is 17.4. The van der Waals surface area contributed by atoms with Gasteiger partial charge in [-0.1, -0.05) is 0 Å². The standard InChI is InChI=1S/C26H30F2N4O8.C2H4O2.CH5N/c27-26(28)40-17-6-5-15(10-18(17)38-13-14-3-4-14)22-30-21(19(11-29)39-22)24(34)32-7-1-2-16(32)23(33)31-8-9-37-20(12-31)25(35)36;1-4-2-3;1-2/h5-6,10,14,16,20,26H,1-4,7-9,11-13,29H2,(H,35,36);2H,1H3;2H2,1H3. The number of ether oxygens (including phenoxy) is 4. The van der Waals surface area contributed by atoms with Gasteiger partial charge < -0.3 is 49.7 Å². The molecule has 2 saturated heterocycles. The largest absolute Gasteiger partial charge is 0.489 e. The predicted molar refractivity (Wildman–Crippen MR) is 156 cm³/mol. The first-order valence-electron chi connectivity index (χ1n) is 14.6. The van der Waals surface area contributed by atoms with Gasteiger partial charge in [0, 0.05) is 18.7 Å². The van der Waals surface area contributed by atoms with Crippen LogP contribution in [0, 0.1) is 5.92 Å². The summed E-state index contributed by atoms with van der Waals surface area (Å²) >= 11 is 0. The number of aromatic nitrogens is 1. The maximum atomic E-state index is 13.6. The third-order valence-corrected chi connectivity index (χ3v) is 7.21. The second-order valence-electron chi connectivity index (χ2n) is 10.3. The van der Waals surface area contributed by atoms with E-state index < -0.39 is 30.6 Å². The molecule has 1 saturated carbocycles. The Labute approximate surface area is 263 Å². The Hall–Kier alpha value is -4.35. The molecule has 5 N–H and O–H groups in total. The minimum absolute atomic E-state index is 0.0308. The quantitative estimate of drug-likeness (QED) is 0.293. The number of oxazole rings is 1. The molecule has 1 aliphatic carbocycles. The lowest BCUT2D eigenvalue weighted by atomic mass is 10.1. The minimum atomic E-state index is -3.03. The number of nitrogens with zero attached hydrogens (tertiary/aromatic N) is 3. The Kier molecular flexibility index (Phi) is 13.6. The highest BCUT2D eigenvalue weighted by molar-refractivity contribution is 5.97. The Morgan fingerprint density at radius 3 is 2.50 bits per heavy atom. The van der Waals surface area contributed by atoms with Gasteiger partial charge in [0.2, 0.25) is 11.8 Å². The van der Waals surface area contributed by atoms with Crippen molar-refractivity contribution in [3.05, 3.63) is 29.7 Å². The van der Waals surface area contributed by atoms with Crippen LogP contribution in [-0.2, 0) is 30.4 Å². The van der Waals surface area contributed by atoms with E-state index in [1.165, 1.54) is 42.2 Å². The number of hydrogen-bond acceptors (Lipinski definition) is 12. The van der Waals surface area contributed by atoms with Gasteiger partial charge in [0.05, 0.1) is 33.4 Å². The number of morpholine rings is 1. The molecule has 17 heteroatoms. The van der Waals surface area contributed by atoms with Crippen molar-refractivity contribution >= 4 is 24.3 Å². The first-order chi connectivity index (χ1) is 22.2. The number of halogens is 2. The summed E-state index contributed by atoms with van der Waals surface area (Å²) in [5.41, 5.74) is 10.7. The number of methoxy groups -OCH3 is 1. The number of rotatable bonds is 11. The summed E-state index contributed by atoms with van der Waals surface area (Å²) in [5.74, 6) is -1.60. The van der Waals surface area contributed by atoms with E-state index in [4.69, 9.17) is 24.4 Å². The fourth-order valence-electron chi connectivity index (χ4n) is 4.83. The van der Waals surface area contributed by atoms with Gasteiger partial charge in [0.15, 0.2) is 29.1 Å². The van der Waals surface area contributed by atoms with Crippen molar-refractivity contribution in [1.82, 2.24) is 14.8 Å². The number of likely N-dealkylation sites (tertiary alicyclic amines) is 1. The van der Waals surface area contributed by atoms with Gasteiger partial charge in [-0.15, -0.1) is 0 Å². The molecule has 1 aromatic carbocycles. The molecular weight excluding hydrogens is 616 g/mol. The van der Waals surface area contributed by atoms with Crippen LogP contribution in [0.1, 0.15) is 41.9 Å². The number of alkyl halides is 2. The molecule has 2 amide bonds. The molecule has 0 spiro atoms. The normalized spacial score (nSPS) is 18.9. The Morgan fingerprint density at radius 2 is 1.89 bits per heavy atom. The maximum Gasteiger partial charge on any atom is 0.387 e. The number of carbonyl (C=O) groups excluding carboxylic acids is 3. The Balaban J connectivity index is 0.000000891. The van der Waals surface area contributed by atoms with E-state index in [2.05, 4.69) is 20.2 Å². The zero-order valence-corrected chi connectivity index (χ0v) is 25.6. The molecule has 0 radical (unpaired) electrons. The monoisotopic (exact) mass is 655 g/mol. The zero-order valence-electron chi connectivity index (χ0n) is 25.6. The molecule has 2 atom stereocenters. The van der Waals surface area contributed by atoms with Crippen molar-refractivity contribution in [2.45, 2.75) is 51.0 Å². The topological polar surface area (TPSA) is 210 Å². The van der Waals surface area contributed by atoms with Crippen LogP contribution in [0.15, 0.2) is 22.6 Å². The average Bonchev–Trinajstić information content (AvgIpc) is 3.59. The average molecular weight is 656 g/mol. The zero-order chi connectivity index (χ0) is 33.8. The number of carbonyl (C=O) groups is 4. The molecule has 3 fully saturated rings. The summed E-state index contributed by atoms with van der Waals surface area (Å²) in [6, 6.07) is 3.44. The van der Waals surface area contributed by atoms with E-state index in [9.17, 15) is 28.3 Å². The van der Waals surface area contributed by atoms with Gasteiger partial charge in [-0.05, 0) is 56.8 Å². The van der Waals surface area contributed by atoms with Crippen LogP contribution in [-0.4, -0.2) is 110 Å². The van der Waals surface area contributed by atoms with E-state index in [-0.39, 0.29) is 61.0 Å². The molecule has 2 aromatic rings. The van der Waals surface area contributed by atoms with E-state index in [1.54, 1.807) is 0 Å². The van der Waals surface area contributed by atoms with Gasteiger partial charge in [-0.3, -0.25) is 14.4 Å². The van der Waals surface area contributed by atoms with Crippen LogP contribution in [0.5, 0.6) is 11.5 Å². The van der Waals surface area contributed by atoms with Crippen LogP contribution < -0.4 is 20.9 Å². The molecule has 5 rings (SSSR count). The summed E-state index contributed by atoms with van der Waals surface area (Å²) in [6.45, 7) is -1.96. The summed E-state index contributed by atoms with van der Waals surface area (Å²) < 4.78 is 51.0. The summed E-state index contributed by atoms with van der Waals surface area (Å²) in [6.07, 6.45) is 1.87. The molecule has 2 unspecified atom stereocenters. The number of nitrogens with two attached hydrogens (primary N) is 2. The molecule has 46 heavy (non-hydrogen) atoms. The maximum absolute atomic E-state index is 13.6. The van der Waals surface area contributed by atoms with Crippen molar-refractivity contribution in [3.8, 4) is 23.0 Å². The van der Waals surface area contributed by atoms with Crippen molar-refractivity contribution in [2.24, 2.45) is 17.4 Å². The lowest BCUT2D eigenvalue weighted by Gasteiger charge is -2.34. The molecule has 1 aromatic heterocycles. The third kappa shape index (κ3) is 9.34. The first kappa shape index (κ1) is 36.1. The summed E-state index contributed by atoms with van der Waals surface area (Å²) in [7, 11) is 2.81. The summed E-state index contributed by atoms with van der Waals surface area (Å²) in [4.78, 5) is 54.4. The summed E-state index contributed by atoms with van der Waals surface area (Å²) in [5, 5.41) is 9.27. The number of benzene rings is 1. The molecule has 2 aliphatic heterocycles. The SMILES string of the molecule is CN.COC=O.NCc1oc(-c2ccc(OC(F)F)c(OCC3CC3)c2)nc1C(=O)N1CCCC1C(=O)N1CCOC(C(=O)O)C1. The van der Waals surface area contributed by atoms with Crippen LogP contribution in [0.2, 0.25) is 0 Å². The number of amides is 2. The van der Waals surface area contributed by atoms with E-state index in [1.807, 2.05) is 0 Å². The fourth-order valence-corrected chi connectivity index (χ4v) is 4.83. The van der Waals surface area contributed by atoms with E-state index in [0.29, 0.717) is 43.9 Å². The van der Waals surface area contributed by atoms with E-state index in [0.717, 1.165) is 12.8 Å². The second-order valence-corrected chi connectivity index (χ2v) is 10.3. The molecule has 0 bridgehead atoms. The highest BCUT2D eigenvalue weighted by Gasteiger charge is 2.41. The predicted octanol–water partition coefficient (Wildman–Crippen LogP) is 1.47. The van der Waals surface area contributed by atoms with Crippen LogP contribution in [0.25, 0.3) is 11.5 Å². The number of carboxylic acids is 1.